The predicted molar refractivity (Wildman–Crippen MR) is 101 cm³/mol. The summed E-state index contributed by atoms with van der Waals surface area (Å²) in [6.07, 6.45) is 5.15. The SMILES string of the molecule is CCCCc1ccc(NC(=O)COc2cccc3cccnc23)cc1. The van der Waals surface area contributed by atoms with E-state index in [1.54, 1.807) is 6.20 Å². The van der Waals surface area contributed by atoms with Gasteiger partial charge in [0.15, 0.2) is 6.61 Å². The van der Waals surface area contributed by atoms with Gasteiger partial charge < -0.3 is 10.1 Å². The van der Waals surface area contributed by atoms with Crippen molar-refractivity contribution < 1.29 is 9.53 Å². The molecule has 0 aliphatic carbocycles. The molecule has 0 saturated heterocycles. The zero-order chi connectivity index (χ0) is 17.5. The summed E-state index contributed by atoms with van der Waals surface area (Å²) in [5.74, 6) is 0.428. The Kier molecular flexibility index (Phi) is 5.62. The molecular weight excluding hydrogens is 312 g/mol. The van der Waals surface area contributed by atoms with E-state index in [1.165, 1.54) is 18.4 Å². The molecule has 4 heteroatoms. The van der Waals surface area contributed by atoms with E-state index in [4.69, 9.17) is 4.74 Å². The van der Waals surface area contributed by atoms with Crippen molar-refractivity contribution in [1.29, 1.82) is 0 Å². The number of rotatable bonds is 7. The Morgan fingerprint density at radius 1 is 1.08 bits per heavy atom. The van der Waals surface area contributed by atoms with Crippen molar-refractivity contribution in [2.24, 2.45) is 0 Å². The fourth-order valence-electron chi connectivity index (χ4n) is 2.67. The van der Waals surface area contributed by atoms with Crippen LogP contribution in [0.4, 0.5) is 5.69 Å². The minimum Gasteiger partial charge on any atom is -0.481 e. The maximum Gasteiger partial charge on any atom is 0.262 e. The first kappa shape index (κ1) is 17.0. The molecule has 1 N–H and O–H groups in total. The number of nitrogens with zero attached hydrogens (tertiary/aromatic N) is 1. The van der Waals surface area contributed by atoms with E-state index in [0.29, 0.717) is 5.75 Å². The first-order chi connectivity index (χ1) is 12.3. The number of aryl methyl sites for hydroxylation is 1. The van der Waals surface area contributed by atoms with E-state index in [0.717, 1.165) is 23.0 Å². The first-order valence-corrected chi connectivity index (χ1v) is 8.61. The van der Waals surface area contributed by atoms with Crippen molar-refractivity contribution in [2.75, 3.05) is 11.9 Å². The molecule has 0 fully saturated rings. The van der Waals surface area contributed by atoms with Gasteiger partial charge in [0, 0.05) is 17.3 Å². The summed E-state index contributed by atoms with van der Waals surface area (Å²) in [5, 5.41) is 3.85. The van der Waals surface area contributed by atoms with Crippen LogP contribution in [0.3, 0.4) is 0 Å². The lowest BCUT2D eigenvalue weighted by molar-refractivity contribution is -0.118. The molecule has 3 aromatic rings. The van der Waals surface area contributed by atoms with Crippen molar-refractivity contribution in [3.05, 3.63) is 66.4 Å². The Labute approximate surface area is 147 Å². The molecule has 0 aliphatic heterocycles. The van der Waals surface area contributed by atoms with Crippen LogP contribution < -0.4 is 10.1 Å². The summed E-state index contributed by atoms with van der Waals surface area (Å²) >= 11 is 0. The van der Waals surface area contributed by atoms with Gasteiger partial charge in [0.2, 0.25) is 0 Å². The summed E-state index contributed by atoms with van der Waals surface area (Å²) in [5.41, 5.74) is 2.83. The van der Waals surface area contributed by atoms with Gasteiger partial charge >= 0.3 is 0 Å². The molecule has 1 heterocycles. The number of aromatic nitrogens is 1. The second kappa shape index (κ2) is 8.29. The second-order valence-electron chi connectivity index (χ2n) is 5.97. The number of ether oxygens (including phenoxy) is 1. The number of hydrogen-bond acceptors (Lipinski definition) is 3. The Morgan fingerprint density at radius 3 is 2.68 bits per heavy atom. The van der Waals surface area contributed by atoms with Gasteiger partial charge in [0.05, 0.1) is 0 Å². The van der Waals surface area contributed by atoms with Crippen LogP contribution in [0, 0.1) is 0 Å². The summed E-state index contributed by atoms with van der Waals surface area (Å²) in [7, 11) is 0. The minimum absolute atomic E-state index is 0.0483. The fraction of sp³-hybridized carbons (Fsp3) is 0.238. The number of hydrogen-bond donors (Lipinski definition) is 1. The molecule has 3 rings (SSSR count). The van der Waals surface area contributed by atoms with E-state index >= 15 is 0 Å². The van der Waals surface area contributed by atoms with E-state index < -0.39 is 0 Å². The highest BCUT2D eigenvalue weighted by molar-refractivity contribution is 5.92. The van der Waals surface area contributed by atoms with E-state index in [1.807, 2.05) is 42.5 Å². The lowest BCUT2D eigenvalue weighted by atomic mass is 10.1. The smallest absolute Gasteiger partial charge is 0.262 e. The van der Waals surface area contributed by atoms with Crippen LogP contribution in [0.15, 0.2) is 60.8 Å². The van der Waals surface area contributed by atoms with Gasteiger partial charge in [-0.2, -0.15) is 0 Å². The summed E-state index contributed by atoms with van der Waals surface area (Å²) in [6.45, 7) is 2.13. The highest BCUT2D eigenvalue weighted by Gasteiger charge is 2.07. The average molecular weight is 334 g/mol. The normalized spacial score (nSPS) is 10.6. The second-order valence-corrected chi connectivity index (χ2v) is 5.97. The average Bonchev–Trinajstić information content (AvgIpc) is 2.66. The number of fused-ring (bicyclic) bond motifs is 1. The van der Waals surface area contributed by atoms with Gasteiger partial charge in [-0.15, -0.1) is 0 Å². The summed E-state index contributed by atoms with van der Waals surface area (Å²) in [6, 6.07) is 17.5. The van der Waals surface area contributed by atoms with Crippen LogP contribution in [0.25, 0.3) is 10.9 Å². The van der Waals surface area contributed by atoms with E-state index in [2.05, 4.69) is 29.4 Å². The quantitative estimate of drug-likeness (QED) is 0.687. The number of pyridine rings is 1. The summed E-state index contributed by atoms with van der Waals surface area (Å²) in [4.78, 5) is 16.4. The Hall–Kier alpha value is -2.88. The standard InChI is InChI=1S/C21H22N2O2/c1-2-3-6-16-10-12-18(13-11-16)23-20(24)15-25-19-9-4-7-17-8-5-14-22-21(17)19/h4-5,7-14H,2-3,6,15H2,1H3,(H,23,24). The molecule has 0 saturated carbocycles. The highest BCUT2D eigenvalue weighted by atomic mass is 16.5. The van der Waals surface area contributed by atoms with Gasteiger partial charge in [-0.05, 0) is 42.7 Å². The van der Waals surface area contributed by atoms with E-state index in [9.17, 15) is 4.79 Å². The van der Waals surface area contributed by atoms with Gasteiger partial charge in [0.25, 0.3) is 5.91 Å². The molecule has 0 aliphatic rings. The monoisotopic (exact) mass is 334 g/mol. The largest absolute Gasteiger partial charge is 0.481 e. The number of unbranched alkanes of at least 4 members (excludes halogenated alkanes) is 1. The molecular formula is C21H22N2O2. The maximum absolute atomic E-state index is 12.1. The lowest BCUT2D eigenvalue weighted by Gasteiger charge is -2.09. The zero-order valence-electron chi connectivity index (χ0n) is 14.4. The van der Waals surface area contributed by atoms with Crippen LogP contribution in [0.1, 0.15) is 25.3 Å². The number of amides is 1. The van der Waals surface area contributed by atoms with Crippen LogP contribution in [-0.4, -0.2) is 17.5 Å². The van der Waals surface area contributed by atoms with Crippen molar-refractivity contribution >= 4 is 22.5 Å². The Balaban J connectivity index is 1.57. The lowest BCUT2D eigenvalue weighted by Crippen LogP contribution is -2.20. The Morgan fingerprint density at radius 2 is 1.88 bits per heavy atom. The molecule has 4 nitrogen and oxygen atoms in total. The van der Waals surface area contributed by atoms with Crippen LogP contribution >= 0.6 is 0 Å². The highest BCUT2D eigenvalue weighted by Crippen LogP contribution is 2.22. The molecule has 25 heavy (non-hydrogen) atoms. The molecule has 0 atom stereocenters. The third-order valence-corrected chi connectivity index (χ3v) is 4.01. The van der Waals surface area contributed by atoms with Crippen molar-refractivity contribution in [1.82, 2.24) is 4.98 Å². The number of nitrogens with one attached hydrogen (secondary N) is 1. The number of para-hydroxylation sites is 1. The molecule has 0 unspecified atom stereocenters. The first-order valence-electron chi connectivity index (χ1n) is 8.61. The van der Waals surface area contributed by atoms with Crippen molar-refractivity contribution in [2.45, 2.75) is 26.2 Å². The number of anilines is 1. The summed E-state index contributed by atoms with van der Waals surface area (Å²) < 4.78 is 5.66. The molecule has 2 aromatic carbocycles. The predicted octanol–water partition coefficient (Wildman–Crippen LogP) is 4.59. The van der Waals surface area contributed by atoms with Crippen LogP contribution in [-0.2, 0) is 11.2 Å². The number of carbonyl (C=O) groups is 1. The Bertz CT molecular complexity index is 839. The molecule has 0 radical (unpaired) electrons. The van der Waals surface area contributed by atoms with Gasteiger partial charge in [-0.3, -0.25) is 9.78 Å². The molecule has 0 bridgehead atoms. The molecule has 1 aromatic heterocycles. The zero-order valence-corrected chi connectivity index (χ0v) is 14.4. The number of benzene rings is 2. The van der Waals surface area contributed by atoms with Gasteiger partial charge in [-0.1, -0.05) is 43.7 Å². The third-order valence-electron chi connectivity index (χ3n) is 4.01. The van der Waals surface area contributed by atoms with Crippen molar-refractivity contribution in [3.8, 4) is 5.75 Å². The molecule has 128 valence electrons. The third kappa shape index (κ3) is 4.57. The van der Waals surface area contributed by atoms with Gasteiger partial charge in [0.1, 0.15) is 11.3 Å². The number of carbonyl (C=O) groups excluding carboxylic acids is 1. The van der Waals surface area contributed by atoms with Crippen molar-refractivity contribution in [3.63, 3.8) is 0 Å². The molecule has 1 amide bonds. The van der Waals surface area contributed by atoms with E-state index in [-0.39, 0.29) is 12.5 Å². The van der Waals surface area contributed by atoms with Crippen LogP contribution in [0.5, 0.6) is 5.75 Å². The maximum atomic E-state index is 12.1. The molecule has 0 spiro atoms. The van der Waals surface area contributed by atoms with Gasteiger partial charge in [-0.25, -0.2) is 0 Å². The van der Waals surface area contributed by atoms with Crippen LogP contribution in [0.2, 0.25) is 0 Å². The fourth-order valence-corrected chi connectivity index (χ4v) is 2.67. The topological polar surface area (TPSA) is 51.2 Å². The minimum atomic E-state index is -0.186.